The van der Waals surface area contributed by atoms with Crippen LogP contribution in [0.4, 0.5) is 0 Å². The molecule has 1 rings (SSSR count). The summed E-state index contributed by atoms with van der Waals surface area (Å²) in [4.78, 5) is 13.6. The molecule has 16 heavy (non-hydrogen) atoms. The van der Waals surface area contributed by atoms with Gasteiger partial charge in [-0.3, -0.25) is 4.79 Å². The van der Waals surface area contributed by atoms with Gasteiger partial charge in [0.15, 0.2) is 0 Å². The van der Waals surface area contributed by atoms with E-state index in [2.05, 4.69) is 10.2 Å². The average Bonchev–Trinajstić information content (AvgIpc) is 2.29. The molecule has 1 fully saturated rings. The van der Waals surface area contributed by atoms with Crippen molar-refractivity contribution in [1.82, 2.24) is 10.2 Å². The molecule has 0 aromatic heterocycles. The number of amides is 1. The summed E-state index contributed by atoms with van der Waals surface area (Å²) in [7, 11) is 3.80. The van der Waals surface area contributed by atoms with E-state index in [0.717, 1.165) is 26.1 Å². The van der Waals surface area contributed by atoms with Gasteiger partial charge in [0.1, 0.15) is 5.54 Å². The van der Waals surface area contributed by atoms with E-state index in [-0.39, 0.29) is 5.91 Å². The van der Waals surface area contributed by atoms with Crippen LogP contribution in [0.5, 0.6) is 0 Å². The van der Waals surface area contributed by atoms with E-state index in [1.807, 2.05) is 14.0 Å². The first-order valence-electron chi connectivity index (χ1n) is 5.76. The minimum Gasteiger partial charge on any atom is -0.381 e. The lowest BCUT2D eigenvalue weighted by atomic mass is 9.99. The number of carbonyl (C=O) groups excluding carboxylic acids is 1. The van der Waals surface area contributed by atoms with E-state index in [9.17, 15) is 4.79 Å². The van der Waals surface area contributed by atoms with Crippen molar-refractivity contribution in [2.45, 2.75) is 31.3 Å². The van der Waals surface area contributed by atoms with Crippen molar-refractivity contribution in [3.8, 4) is 0 Å². The largest absolute Gasteiger partial charge is 0.381 e. The van der Waals surface area contributed by atoms with Crippen LogP contribution in [0.15, 0.2) is 0 Å². The topological polar surface area (TPSA) is 67.6 Å². The summed E-state index contributed by atoms with van der Waals surface area (Å²) in [6.07, 6.45) is 2.05. The second kappa shape index (κ2) is 5.61. The molecule has 0 saturated carbocycles. The number of nitrogens with zero attached hydrogens (tertiary/aromatic N) is 1. The normalized spacial score (nSPS) is 22.0. The van der Waals surface area contributed by atoms with Crippen LogP contribution < -0.4 is 11.1 Å². The molecule has 94 valence electrons. The van der Waals surface area contributed by atoms with Gasteiger partial charge in [0, 0.05) is 25.8 Å². The molecule has 0 aliphatic carbocycles. The van der Waals surface area contributed by atoms with Crippen LogP contribution in [-0.4, -0.2) is 56.2 Å². The zero-order valence-corrected chi connectivity index (χ0v) is 10.5. The monoisotopic (exact) mass is 229 g/mol. The van der Waals surface area contributed by atoms with Crippen molar-refractivity contribution >= 4 is 5.91 Å². The number of hydrogen-bond acceptors (Lipinski definition) is 4. The minimum atomic E-state index is -0.660. The van der Waals surface area contributed by atoms with Gasteiger partial charge in [-0.15, -0.1) is 0 Å². The molecular formula is C11H23N3O2. The number of nitrogens with one attached hydrogen (secondary N) is 1. The fourth-order valence-electron chi connectivity index (χ4n) is 2.03. The van der Waals surface area contributed by atoms with Crippen molar-refractivity contribution < 1.29 is 9.53 Å². The molecule has 1 atom stereocenters. The molecule has 0 spiro atoms. The Bertz CT molecular complexity index is 241. The molecule has 1 unspecified atom stereocenters. The van der Waals surface area contributed by atoms with Gasteiger partial charge in [-0.2, -0.15) is 0 Å². The second-order valence-electron chi connectivity index (χ2n) is 4.71. The Labute approximate surface area is 97.3 Å². The molecule has 5 heteroatoms. The summed E-state index contributed by atoms with van der Waals surface area (Å²) in [6.45, 7) is 4.08. The van der Waals surface area contributed by atoms with Crippen LogP contribution >= 0.6 is 0 Å². The van der Waals surface area contributed by atoms with E-state index in [0.29, 0.717) is 12.6 Å². The minimum absolute atomic E-state index is 0.311. The zero-order valence-electron chi connectivity index (χ0n) is 10.5. The second-order valence-corrected chi connectivity index (χ2v) is 4.71. The van der Waals surface area contributed by atoms with E-state index in [1.54, 1.807) is 7.05 Å². The third-order valence-corrected chi connectivity index (χ3v) is 3.48. The van der Waals surface area contributed by atoms with Gasteiger partial charge < -0.3 is 20.7 Å². The third-order valence-electron chi connectivity index (χ3n) is 3.48. The fourth-order valence-corrected chi connectivity index (χ4v) is 2.03. The average molecular weight is 229 g/mol. The van der Waals surface area contributed by atoms with Crippen LogP contribution in [0.3, 0.4) is 0 Å². The van der Waals surface area contributed by atoms with Crippen LogP contribution in [0, 0.1) is 0 Å². The predicted octanol–water partition coefficient (Wildman–Crippen LogP) is -0.439. The number of carbonyl (C=O) groups is 1. The maximum Gasteiger partial charge on any atom is 0.238 e. The molecule has 0 aromatic carbocycles. The highest BCUT2D eigenvalue weighted by molar-refractivity contribution is 5.84. The Balaban J connectivity index is 2.53. The lowest BCUT2D eigenvalue weighted by molar-refractivity contribution is -0.124. The number of likely N-dealkylation sites (N-methyl/N-ethyl adjacent to an activating group) is 2. The molecule has 0 radical (unpaired) electrons. The number of hydrogen-bond donors (Lipinski definition) is 2. The fraction of sp³-hybridized carbons (Fsp3) is 0.909. The Kier molecular flexibility index (Phi) is 4.70. The van der Waals surface area contributed by atoms with Crippen LogP contribution in [-0.2, 0) is 9.53 Å². The maximum atomic E-state index is 11.4. The van der Waals surface area contributed by atoms with E-state index < -0.39 is 5.54 Å². The van der Waals surface area contributed by atoms with Crippen molar-refractivity contribution in [3.63, 3.8) is 0 Å². The van der Waals surface area contributed by atoms with Crippen molar-refractivity contribution in [2.75, 3.05) is 33.9 Å². The first-order valence-corrected chi connectivity index (χ1v) is 5.76. The molecule has 5 nitrogen and oxygen atoms in total. The quantitative estimate of drug-likeness (QED) is 0.671. The van der Waals surface area contributed by atoms with Crippen LogP contribution in [0.1, 0.15) is 19.8 Å². The van der Waals surface area contributed by atoms with Gasteiger partial charge in [-0.05, 0) is 33.9 Å². The zero-order chi connectivity index (χ0) is 12.2. The van der Waals surface area contributed by atoms with Crippen molar-refractivity contribution in [1.29, 1.82) is 0 Å². The first kappa shape index (κ1) is 13.4. The molecule has 1 heterocycles. The summed E-state index contributed by atoms with van der Waals surface area (Å²) in [5.41, 5.74) is 4.75. The summed E-state index contributed by atoms with van der Waals surface area (Å²) in [5, 5.41) is 3.00. The van der Waals surface area contributed by atoms with Gasteiger partial charge in [-0.25, -0.2) is 0 Å². The summed E-state index contributed by atoms with van der Waals surface area (Å²) in [6, 6.07) is 0.487. The Hall–Kier alpha value is -0.650. The molecule has 1 amide bonds. The highest BCUT2D eigenvalue weighted by Crippen LogP contribution is 2.15. The molecule has 1 aliphatic heterocycles. The lowest BCUT2D eigenvalue weighted by Crippen LogP contribution is -2.59. The van der Waals surface area contributed by atoms with Gasteiger partial charge >= 0.3 is 0 Å². The van der Waals surface area contributed by atoms with Gasteiger partial charge in [0.2, 0.25) is 5.91 Å². The van der Waals surface area contributed by atoms with Gasteiger partial charge in [0.05, 0.1) is 0 Å². The van der Waals surface area contributed by atoms with E-state index in [1.165, 1.54) is 0 Å². The molecule has 0 aromatic rings. The molecule has 3 N–H and O–H groups in total. The van der Waals surface area contributed by atoms with Gasteiger partial charge in [0.25, 0.3) is 0 Å². The summed E-state index contributed by atoms with van der Waals surface area (Å²) < 4.78 is 5.32. The summed E-state index contributed by atoms with van der Waals surface area (Å²) in [5.74, 6) is -0.311. The molecular weight excluding hydrogens is 206 g/mol. The van der Waals surface area contributed by atoms with Crippen LogP contribution in [0.25, 0.3) is 0 Å². The number of ether oxygens (including phenoxy) is 1. The Morgan fingerprint density at radius 2 is 2.12 bits per heavy atom. The number of nitrogens with two attached hydrogens (primary N) is 1. The number of rotatable bonds is 5. The molecule has 1 aliphatic rings. The standard InChI is InChI=1S/C11H23N3O2/c1-11(13-2,10(12)15)8-14(3)9-4-6-16-7-5-9/h9,13H,4-8H2,1-3H3,(H2,12,15). The number of primary amides is 1. The Morgan fingerprint density at radius 1 is 1.56 bits per heavy atom. The SMILES string of the molecule is CNC(C)(CN(C)C1CCOCC1)C(N)=O. The van der Waals surface area contributed by atoms with Gasteiger partial charge in [-0.1, -0.05) is 0 Å². The van der Waals surface area contributed by atoms with E-state index in [4.69, 9.17) is 10.5 Å². The maximum absolute atomic E-state index is 11.4. The third kappa shape index (κ3) is 3.17. The smallest absolute Gasteiger partial charge is 0.238 e. The first-order chi connectivity index (χ1) is 7.49. The highest BCUT2D eigenvalue weighted by Gasteiger charge is 2.32. The predicted molar refractivity (Wildman–Crippen MR) is 63.1 cm³/mol. The molecule has 1 saturated heterocycles. The summed E-state index contributed by atoms with van der Waals surface area (Å²) >= 11 is 0. The van der Waals surface area contributed by atoms with Crippen molar-refractivity contribution in [3.05, 3.63) is 0 Å². The highest BCUT2D eigenvalue weighted by atomic mass is 16.5. The van der Waals surface area contributed by atoms with Crippen molar-refractivity contribution in [2.24, 2.45) is 5.73 Å². The lowest BCUT2D eigenvalue weighted by Gasteiger charge is -2.37. The Morgan fingerprint density at radius 3 is 2.56 bits per heavy atom. The van der Waals surface area contributed by atoms with Crippen LogP contribution in [0.2, 0.25) is 0 Å². The van der Waals surface area contributed by atoms with E-state index >= 15 is 0 Å². The molecule has 0 bridgehead atoms.